The third-order valence-corrected chi connectivity index (χ3v) is 3.22. The molecule has 0 spiro atoms. The Morgan fingerprint density at radius 2 is 2.00 bits per heavy atom. The van der Waals surface area contributed by atoms with E-state index in [0.29, 0.717) is 15.8 Å². The molecule has 5 heteroatoms. The van der Waals surface area contributed by atoms with Crippen molar-refractivity contribution in [2.45, 2.75) is 25.2 Å². The Hall–Kier alpha value is -0.710. The van der Waals surface area contributed by atoms with Crippen molar-refractivity contribution < 1.29 is 17.9 Å². The monoisotopic (exact) mass is 310 g/mol. The van der Waals surface area contributed by atoms with Gasteiger partial charge in [-0.2, -0.15) is 0 Å². The summed E-state index contributed by atoms with van der Waals surface area (Å²) in [4.78, 5) is 0. The smallest absolute Gasteiger partial charge is 0.135 e. The van der Waals surface area contributed by atoms with Gasteiger partial charge in [0, 0.05) is 22.9 Å². The van der Waals surface area contributed by atoms with Crippen molar-refractivity contribution in [2.75, 3.05) is 13.8 Å². The van der Waals surface area contributed by atoms with Crippen LogP contribution in [0, 0.1) is 0 Å². The molecule has 0 aliphatic rings. The molecule has 2 unspecified atom stereocenters. The molecule has 0 bridgehead atoms. The first kappa shape index (κ1) is 14.4. The average Bonchev–Trinajstić information content (AvgIpc) is 2.31. The maximum absolute atomic E-state index is 13.5. The fraction of sp³-hybridized carbons (Fsp3) is 0.500. The highest BCUT2D eigenvalue weighted by Crippen LogP contribution is 2.29. The van der Waals surface area contributed by atoms with Crippen LogP contribution < -0.4 is 4.74 Å². The minimum atomic E-state index is -1.78. The molecule has 1 nitrogen and oxygen atoms in total. The van der Waals surface area contributed by atoms with Gasteiger partial charge in [-0.05, 0) is 12.1 Å². The number of alkyl halides is 3. The topological polar surface area (TPSA) is 9.23 Å². The number of benzene rings is 1. The molecule has 0 amide bonds. The van der Waals surface area contributed by atoms with E-state index in [4.69, 9.17) is 4.74 Å². The molecule has 0 aromatic heterocycles. The molecule has 0 fully saturated rings. The quantitative estimate of drug-likeness (QED) is 0.770. The summed E-state index contributed by atoms with van der Waals surface area (Å²) in [6.45, 7) is -0.852. The van der Waals surface area contributed by atoms with Gasteiger partial charge in [0.15, 0.2) is 0 Å². The van der Waals surface area contributed by atoms with Crippen LogP contribution in [0.4, 0.5) is 13.2 Å². The molecular weight excluding hydrogens is 297 g/mol. The Labute approximate surface area is 107 Å². The van der Waals surface area contributed by atoms with Gasteiger partial charge in [0.1, 0.15) is 18.1 Å². The molecular formula is C12H14BrF3O. The zero-order chi connectivity index (χ0) is 12.8. The van der Waals surface area contributed by atoms with Crippen LogP contribution in [0.1, 0.15) is 12.0 Å². The van der Waals surface area contributed by atoms with E-state index in [1.54, 1.807) is 18.2 Å². The largest absolute Gasteiger partial charge is 0.496 e. The molecule has 0 radical (unpaired) electrons. The number of halogens is 4. The van der Waals surface area contributed by atoms with Crippen LogP contribution in [0.2, 0.25) is 0 Å². The van der Waals surface area contributed by atoms with Crippen LogP contribution in [0.25, 0.3) is 0 Å². The zero-order valence-electron chi connectivity index (χ0n) is 9.43. The summed E-state index contributed by atoms with van der Waals surface area (Å²) in [5, 5.41) is 0. The lowest BCUT2D eigenvalue weighted by Gasteiger charge is -2.15. The summed E-state index contributed by atoms with van der Waals surface area (Å²) in [5.41, 5.74) is 0.559. The second kappa shape index (κ2) is 6.89. The van der Waals surface area contributed by atoms with E-state index >= 15 is 0 Å². The lowest BCUT2D eigenvalue weighted by atomic mass is 10.0. The van der Waals surface area contributed by atoms with Crippen molar-refractivity contribution in [1.82, 2.24) is 0 Å². The van der Waals surface area contributed by atoms with Crippen molar-refractivity contribution in [1.29, 1.82) is 0 Å². The predicted molar refractivity (Wildman–Crippen MR) is 64.8 cm³/mol. The SMILES string of the molecule is COc1cccc(Br)c1CC(F)C(F)CCF. The van der Waals surface area contributed by atoms with E-state index in [9.17, 15) is 13.2 Å². The maximum Gasteiger partial charge on any atom is 0.135 e. The maximum atomic E-state index is 13.5. The Morgan fingerprint density at radius 1 is 1.29 bits per heavy atom. The first-order valence-corrected chi connectivity index (χ1v) is 6.05. The molecule has 0 aliphatic heterocycles. The molecule has 0 aliphatic carbocycles. The Bertz CT molecular complexity index is 360. The minimum Gasteiger partial charge on any atom is -0.496 e. The summed E-state index contributed by atoms with van der Waals surface area (Å²) in [5.74, 6) is 0.495. The van der Waals surface area contributed by atoms with E-state index in [1.165, 1.54) is 7.11 Å². The van der Waals surface area contributed by atoms with E-state index < -0.39 is 25.4 Å². The molecule has 0 saturated carbocycles. The van der Waals surface area contributed by atoms with Crippen LogP contribution in [0.15, 0.2) is 22.7 Å². The fourth-order valence-electron chi connectivity index (χ4n) is 1.54. The van der Waals surface area contributed by atoms with Crippen molar-refractivity contribution in [3.05, 3.63) is 28.2 Å². The number of methoxy groups -OCH3 is 1. The van der Waals surface area contributed by atoms with Crippen LogP contribution >= 0.6 is 15.9 Å². The average molecular weight is 311 g/mol. The zero-order valence-corrected chi connectivity index (χ0v) is 11.0. The van der Waals surface area contributed by atoms with Gasteiger partial charge in [-0.15, -0.1) is 0 Å². The van der Waals surface area contributed by atoms with Crippen molar-refractivity contribution in [3.63, 3.8) is 0 Å². The second-order valence-corrected chi connectivity index (χ2v) is 4.49. The van der Waals surface area contributed by atoms with E-state index in [2.05, 4.69) is 15.9 Å². The summed E-state index contributed by atoms with van der Waals surface area (Å²) in [6.07, 6.45) is -4.05. The Kier molecular flexibility index (Phi) is 5.82. The summed E-state index contributed by atoms with van der Waals surface area (Å²) < 4.78 is 44.4. The third kappa shape index (κ3) is 3.91. The Morgan fingerprint density at radius 3 is 2.59 bits per heavy atom. The standard InChI is InChI=1S/C12H14BrF3O/c1-17-12-4-2-3-9(13)8(12)7-11(16)10(15)5-6-14/h2-4,10-11H,5-7H2,1H3. The van der Waals surface area contributed by atoms with Gasteiger partial charge in [-0.3, -0.25) is 4.39 Å². The number of hydrogen-bond donors (Lipinski definition) is 0. The van der Waals surface area contributed by atoms with Crippen LogP contribution in [0.3, 0.4) is 0 Å². The lowest BCUT2D eigenvalue weighted by Crippen LogP contribution is -2.21. The van der Waals surface area contributed by atoms with Crippen molar-refractivity contribution in [3.8, 4) is 5.75 Å². The molecule has 0 N–H and O–H groups in total. The molecule has 0 saturated heterocycles. The van der Waals surface area contributed by atoms with Crippen LogP contribution in [0.5, 0.6) is 5.75 Å². The van der Waals surface area contributed by atoms with Gasteiger partial charge < -0.3 is 4.74 Å². The van der Waals surface area contributed by atoms with E-state index in [0.717, 1.165) is 0 Å². The van der Waals surface area contributed by atoms with Crippen molar-refractivity contribution >= 4 is 15.9 Å². The number of hydrogen-bond acceptors (Lipinski definition) is 1. The number of rotatable bonds is 6. The first-order valence-electron chi connectivity index (χ1n) is 5.25. The molecule has 0 heterocycles. The van der Waals surface area contributed by atoms with Gasteiger partial charge in [-0.25, -0.2) is 8.78 Å². The minimum absolute atomic E-state index is 0.133. The van der Waals surface area contributed by atoms with Crippen molar-refractivity contribution in [2.24, 2.45) is 0 Å². The van der Waals surface area contributed by atoms with E-state index in [-0.39, 0.29) is 6.42 Å². The highest BCUT2D eigenvalue weighted by Gasteiger charge is 2.23. The summed E-state index contributed by atoms with van der Waals surface area (Å²) >= 11 is 3.26. The molecule has 1 aromatic rings. The highest BCUT2D eigenvalue weighted by molar-refractivity contribution is 9.10. The van der Waals surface area contributed by atoms with Gasteiger partial charge in [0.05, 0.1) is 13.8 Å². The third-order valence-electron chi connectivity index (χ3n) is 2.47. The second-order valence-electron chi connectivity index (χ2n) is 3.63. The van der Waals surface area contributed by atoms with Gasteiger partial charge in [0.25, 0.3) is 0 Å². The predicted octanol–water partition coefficient (Wildman–Crippen LogP) is 4.04. The molecule has 1 rings (SSSR count). The summed E-state index contributed by atoms with van der Waals surface area (Å²) in [7, 11) is 1.47. The fourth-order valence-corrected chi connectivity index (χ4v) is 2.05. The normalized spacial score (nSPS) is 14.4. The van der Waals surface area contributed by atoms with E-state index in [1.807, 2.05) is 0 Å². The molecule has 1 aromatic carbocycles. The van der Waals surface area contributed by atoms with Crippen LogP contribution in [-0.4, -0.2) is 26.1 Å². The lowest BCUT2D eigenvalue weighted by molar-refractivity contribution is 0.147. The highest BCUT2D eigenvalue weighted by atomic mass is 79.9. The van der Waals surface area contributed by atoms with Gasteiger partial charge in [0.2, 0.25) is 0 Å². The van der Waals surface area contributed by atoms with Gasteiger partial charge in [-0.1, -0.05) is 22.0 Å². The molecule has 96 valence electrons. The molecule has 17 heavy (non-hydrogen) atoms. The van der Waals surface area contributed by atoms with Crippen LogP contribution in [-0.2, 0) is 6.42 Å². The number of ether oxygens (including phenoxy) is 1. The Balaban J connectivity index is 2.80. The molecule has 2 atom stereocenters. The first-order chi connectivity index (χ1) is 8.10. The summed E-state index contributed by atoms with van der Waals surface area (Å²) in [6, 6.07) is 5.15. The van der Waals surface area contributed by atoms with Gasteiger partial charge >= 0.3 is 0 Å².